The summed E-state index contributed by atoms with van der Waals surface area (Å²) in [5.74, 6) is 0.751. The molecule has 0 fully saturated rings. The average Bonchev–Trinajstić information content (AvgIpc) is 2.60. The third kappa shape index (κ3) is 3.48. The van der Waals surface area contributed by atoms with E-state index >= 15 is 0 Å². The minimum Gasteiger partial charge on any atom is -0.351 e. The van der Waals surface area contributed by atoms with E-state index in [0.717, 1.165) is 0 Å². The van der Waals surface area contributed by atoms with Gasteiger partial charge in [-0.15, -0.1) is 22.9 Å². The fourth-order valence-corrected chi connectivity index (χ4v) is 1.91. The molecular formula is C9H11Cl2NOS. The minimum atomic E-state index is -0.0844. The molecule has 0 aliphatic rings. The fourth-order valence-electron chi connectivity index (χ4n) is 0.845. The molecule has 1 atom stereocenters. The second-order valence-corrected chi connectivity index (χ2v) is 5.10. The summed E-state index contributed by atoms with van der Waals surface area (Å²) in [5.41, 5.74) is 0. The molecule has 0 bridgehead atoms. The van der Waals surface area contributed by atoms with Crippen LogP contribution >= 0.6 is 34.5 Å². The van der Waals surface area contributed by atoms with E-state index in [2.05, 4.69) is 5.32 Å². The SMILES string of the molecule is CC(CCl)CNC(=O)c1ccc(Cl)s1. The van der Waals surface area contributed by atoms with Crippen LogP contribution in [0, 0.1) is 5.92 Å². The van der Waals surface area contributed by atoms with Crippen LogP contribution in [0.3, 0.4) is 0 Å². The van der Waals surface area contributed by atoms with Crippen molar-refractivity contribution in [2.24, 2.45) is 5.92 Å². The van der Waals surface area contributed by atoms with E-state index in [9.17, 15) is 4.79 Å². The number of thiophene rings is 1. The molecule has 14 heavy (non-hydrogen) atoms. The Kier molecular flexibility index (Phi) is 4.72. The maximum atomic E-state index is 11.5. The molecule has 0 saturated carbocycles. The van der Waals surface area contributed by atoms with E-state index in [4.69, 9.17) is 23.2 Å². The van der Waals surface area contributed by atoms with Gasteiger partial charge in [0.25, 0.3) is 5.91 Å². The van der Waals surface area contributed by atoms with E-state index in [1.807, 2.05) is 6.92 Å². The van der Waals surface area contributed by atoms with Crippen molar-refractivity contribution in [3.8, 4) is 0 Å². The Morgan fingerprint density at radius 2 is 2.36 bits per heavy atom. The average molecular weight is 252 g/mol. The zero-order chi connectivity index (χ0) is 10.6. The Labute approximate surface area is 97.2 Å². The van der Waals surface area contributed by atoms with Gasteiger partial charge in [-0.25, -0.2) is 0 Å². The lowest BCUT2D eigenvalue weighted by Crippen LogP contribution is -2.28. The Balaban J connectivity index is 2.43. The summed E-state index contributed by atoms with van der Waals surface area (Å²) in [7, 11) is 0. The number of nitrogens with one attached hydrogen (secondary N) is 1. The number of carbonyl (C=O) groups excluding carboxylic acids is 1. The lowest BCUT2D eigenvalue weighted by atomic mass is 10.2. The first-order valence-corrected chi connectivity index (χ1v) is 5.96. The summed E-state index contributed by atoms with van der Waals surface area (Å²) < 4.78 is 0.626. The molecule has 1 aromatic rings. The van der Waals surface area contributed by atoms with Crippen molar-refractivity contribution in [2.45, 2.75) is 6.92 Å². The van der Waals surface area contributed by atoms with Crippen LogP contribution < -0.4 is 5.32 Å². The molecule has 0 radical (unpaired) electrons. The van der Waals surface area contributed by atoms with Gasteiger partial charge in [0.05, 0.1) is 9.21 Å². The highest BCUT2D eigenvalue weighted by atomic mass is 35.5. The third-order valence-corrected chi connectivity index (χ3v) is 3.43. The van der Waals surface area contributed by atoms with Crippen LogP contribution in [0.25, 0.3) is 0 Å². The van der Waals surface area contributed by atoms with Gasteiger partial charge in [-0.2, -0.15) is 0 Å². The number of alkyl halides is 1. The molecule has 0 spiro atoms. The molecule has 78 valence electrons. The maximum absolute atomic E-state index is 11.5. The second-order valence-electron chi connectivity index (χ2n) is 3.07. The second kappa shape index (κ2) is 5.59. The number of carbonyl (C=O) groups is 1. The number of rotatable bonds is 4. The van der Waals surface area contributed by atoms with E-state index in [1.165, 1.54) is 11.3 Å². The topological polar surface area (TPSA) is 29.1 Å². The fraction of sp³-hybridized carbons (Fsp3) is 0.444. The van der Waals surface area contributed by atoms with Crippen LogP contribution in [0.15, 0.2) is 12.1 Å². The normalized spacial score (nSPS) is 12.5. The van der Waals surface area contributed by atoms with Gasteiger partial charge in [0.15, 0.2) is 0 Å². The number of halogens is 2. The van der Waals surface area contributed by atoms with Crippen molar-refractivity contribution < 1.29 is 4.79 Å². The van der Waals surface area contributed by atoms with Gasteiger partial charge in [0, 0.05) is 12.4 Å². The van der Waals surface area contributed by atoms with Gasteiger partial charge >= 0.3 is 0 Å². The molecular weight excluding hydrogens is 241 g/mol. The molecule has 0 aliphatic carbocycles. The van der Waals surface area contributed by atoms with Crippen molar-refractivity contribution in [1.82, 2.24) is 5.32 Å². The van der Waals surface area contributed by atoms with Gasteiger partial charge < -0.3 is 5.32 Å². The highest BCUT2D eigenvalue weighted by molar-refractivity contribution is 7.17. The van der Waals surface area contributed by atoms with E-state index in [0.29, 0.717) is 21.6 Å². The monoisotopic (exact) mass is 251 g/mol. The number of hydrogen-bond acceptors (Lipinski definition) is 2. The minimum absolute atomic E-state index is 0.0844. The van der Waals surface area contributed by atoms with Gasteiger partial charge in [-0.3, -0.25) is 4.79 Å². The van der Waals surface area contributed by atoms with Crippen molar-refractivity contribution in [3.05, 3.63) is 21.3 Å². The quantitative estimate of drug-likeness (QED) is 0.820. The third-order valence-electron chi connectivity index (χ3n) is 1.67. The summed E-state index contributed by atoms with van der Waals surface area (Å²) in [6.07, 6.45) is 0. The highest BCUT2D eigenvalue weighted by Crippen LogP contribution is 2.21. The number of amides is 1. The van der Waals surface area contributed by atoms with Crippen LogP contribution in [-0.4, -0.2) is 18.3 Å². The van der Waals surface area contributed by atoms with Crippen LogP contribution in [0.1, 0.15) is 16.6 Å². The van der Waals surface area contributed by atoms with Gasteiger partial charge in [-0.05, 0) is 18.1 Å². The lowest BCUT2D eigenvalue weighted by Gasteiger charge is -2.07. The first-order valence-electron chi connectivity index (χ1n) is 4.23. The van der Waals surface area contributed by atoms with Gasteiger partial charge in [-0.1, -0.05) is 18.5 Å². The molecule has 1 aromatic heterocycles. The Morgan fingerprint density at radius 3 is 2.86 bits per heavy atom. The van der Waals surface area contributed by atoms with Crippen LogP contribution in [-0.2, 0) is 0 Å². The summed E-state index contributed by atoms with van der Waals surface area (Å²) in [4.78, 5) is 12.1. The van der Waals surface area contributed by atoms with E-state index in [-0.39, 0.29) is 11.8 Å². The molecule has 1 unspecified atom stereocenters. The van der Waals surface area contributed by atoms with E-state index in [1.54, 1.807) is 12.1 Å². The standard InChI is InChI=1S/C9H11Cl2NOS/c1-6(4-10)5-12-9(13)7-2-3-8(11)14-7/h2-3,6H,4-5H2,1H3,(H,12,13). The van der Waals surface area contributed by atoms with Gasteiger partial charge in [0.2, 0.25) is 0 Å². The molecule has 1 rings (SSSR count). The largest absolute Gasteiger partial charge is 0.351 e. The number of hydrogen-bond donors (Lipinski definition) is 1. The van der Waals surface area contributed by atoms with Crippen molar-refractivity contribution >= 4 is 40.4 Å². The zero-order valence-electron chi connectivity index (χ0n) is 7.72. The molecule has 5 heteroatoms. The predicted molar refractivity (Wildman–Crippen MR) is 61.5 cm³/mol. The summed E-state index contributed by atoms with van der Waals surface area (Å²) in [5, 5.41) is 2.79. The Bertz CT molecular complexity index is 314. The highest BCUT2D eigenvalue weighted by Gasteiger charge is 2.09. The van der Waals surface area contributed by atoms with Crippen molar-refractivity contribution in [1.29, 1.82) is 0 Å². The summed E-state index contributed by atoms with van der Waals surface area (Å²) in [6, 6.07) is 3.43. The maximum Gasteiger partial charge on any atom is 0.261 e. The first-order chi connectivity index (χ1) is 6.63. The van der Waals surface area contributed by atoms with Crippen LogP contribution in [0.4, 0.5) is 0 Å². The molecule has 1 N–H and O–H groups in total. The summed E-state index contributed by atoms with van der Waals surface area (Å²) >= 11 is 12.6. The van der Waals surface area contributed by atoms with Crippen molar-refractivity contribution in [3.63, 3.8) is 0 Å². The Hall–Kier alpha value is -0.250. The summed E-state index contributed by atoms with van der Waals surface area (Å²) in [6.45, 7) is 2.58. The molecule has 0 aliphatic heterocycles. The predicted octanol–water partition coefficient (Wildman–Crippen LogP) is 3.01. The molecule has 1 heterocycles. The Morgan fingerprint density at radius 1 is 1.64 bits per heavy atom. The first kappa shape index (κ1) is 11.8. The lowest BCUT2D eigenvalue weighted by molar-refractivity contribution is 0.0953. The molecule has 0 aromatic carbocycles. The molecule has 0 saturated heterocycles. The van der Waals surface area contributed by atoms with Crippen LogP contribution in [0.5, 0.6) is 0 Å². The smallest absolute Gasteiger partial charge is 0.261 e. The van der Waals surface area contributed by atoms with E-state index < -0.39 is 0 Å². The molecule has 1 amide bonds. The van der Waals surface area contributed by atoms with Crippen molar-refractivity contribution in [2.75, 3.05) is 12.4 Å². The van der Waals surface area contributed by atoms with Gasteiger partial charge in [0.1, 0.15) is 0 Å². The van der Waals surface area contributed by atoms with Crippen LogP contribution in [0.2, 0.25) is 4.34 Å². The molecule has 2 nitrogen and oxygen atoms in total. The zero-order valence-corrected chi connectivity index (χ0v) is 10.0.